The van der Waals surface area contributed by atoms with Gasteiger partial charge in [-0.1, -0.05) is 0 Å². The molecule has 0 aliphatic carbocycles. The molecule has 1 aromatic heterocycles. The van der Waals surface area contributed by atoms with Gasteiger partial charge in [-0.05, 0) is 6.20 Å². The van der Waals surface area contributed by atoms with Crippen LogP contribution in [0.1, 0.15) is 0 Å². The molecular weight excluding hydrogens is 229 g/mol. The van der Waals surface area contributed by atoms with E-state index < -0.39 is 5.82 Å². The Balaban J connectivity index is 0. The molecule has 0 N–H and O–H groups in total. The maximum absolute atomic E-state index is 11.9. The minimum Gasteiger partial charge on any atom is -1.00 e. The van der Waals surface area contributed by atoms with Crippen LogP contribution in [0.2, 0.25) is 5.15 Å². The monoisotopic (exact) mass is 229 g/mol. The van der Waals surface area contributed by atoms with E-state index in [1.54, 1.807) is 0 Å². The van der Waals surface area contributed by atoms with Crippen molar-refractivity contribution in [3.63, 3.8) is 0 Å². The Morgan fingerprint density at radius 3 is 2.40 bits per heavy atom. The molecule has 1 heterocycles. The van der Waals surface area contributed by atoms with Gasteiger partial charge in [-0.15, -0.1) is 23.7 Å². The van der Waals surface area contributed by atoms with Crippen LogP contribution in [0, 0.1) is 12.0 Å². The van der Waals surface area contributed by atoms with Gasteiger partial charge in [0.1, 0.15) is 0 Å². The molecule has 10 heavy (non-hydrogen) atoms. The fraction of sp³-hybridized carbons (Fsp3) is 0. The van der Waals surface area contributed by atoms with E-state index in [2.05, 4.69) is 11.2 Å². The number of pyridine rings is 1. The Hall–Kier alpha value is 0.283. The number of halogens is 3. The number of rotatable bonds is 0. The van der Waals surface area contributed by atoms with Crippen LogP contribution in [0.5, 0.6) is 0 Å². The Morgan fingerprint density at radius 2 is 2.10 bits per heavy atom. The molecule has 0 atom stereocenters. The van der Waals surface area contributed by atoms with E-state index in [4.69, 9.17) is 11.6 Å². The molecule has 1 rings (SSSR count). The first kappa shape index (κ1) is 12.9. The van der Waals surface area contributed by atoms with Crippen LogP contribution in [0.15, 0.2) is 12.1 Å². The third-order valence-electron chi connectivity index (χ3n) is 0.637. The topological polar surface area (TPSA) is 12.9 Å². The van der Waals surface area contributed by atoms with Crippen molar-refractivity contribution >= 4 is 11.6 Å². The molecule has 0 radical (unpaired) electrons. The smallest absolute Gasteiger partial charge is 1.00 e. The van der Waals surface area contributed by atoms with Gasteiger partial charge in [0.05, 0.1) is 0 Å². The zero-order valence-electron chi connectivity index (χ0n) is 4.94. The van der Waals surface area contributed by atoms with Crippen LogP contribution in [-0.2, 0) is 19.5 Å². The Labute approximate surface area is 82.2 Å². The van der Waals surface area contributed by atoms with Gasteiger partial charge in [0, 0.05) is 11.0 Å². The van der Waals surface area contributed by atoms with E-state index >= 15 is 0 Å². The summed E-state index contributed by atoms with van der Waals surface area (Å²) in [5.41, 5.74) is 0. The summed E-state index contributed by atoms with van der Waals surface area (Å²) in [6.07, 6.45) is 2.05. The van der Waals surface area contributed by atoms with Gasteiger partial charge in [-0.3, -0.25) is 0 Å². The Bertz CT molecular complexity index is 159. The van der Waals surface area contributed by atoms with Crippen molar-refractivity contribution in [3.05, 3.63) is 29.3 Å². The van der Waals surface area contributed by atoms with Gasteiger partial charge >= 0.3 is 19.5 Å². The van der Waals surface area contributed by atoms with E-state index in [0.717, 1.165) is 0 Å². The molecule has 0 aliphatic heterocycles. The molecule has 0 fully saturated rings. The first-order valence-corrected chi connectivity index (χ1v) is 2.36. The van der Waals surface area contributed by atoms with Crippen LogP contribution < -0.4 is 12.4 Å². The molecule has 0 aromatic carbocycles. The van der Waals surface area contributed by atoms with Crippen molar-refractivity contribution in [1.82, 2.24) is 4.98 Å². The number of hydrogen-bond acceptors (Lipinski definition) is 1. The van der Waals surface area contributed by atoms with E-state index in [-0.39, 0.29) is 37.0 Å². The summed E-state index contributed by atoms with van der Waals surface area (Å²) in [6.45, 7) is 0. The largest absolute Gasteiger partial charge is 2.00 e. The summed E-state index contributed by atoms with van der Waals surface area (Å²) in [6, 6.07) is 2.57. The third kappa shape index (κ3) is 4.16. The molecule has 0 unspecified atom stereocenters. The molecule has 0 saturated heterocycles. The predicted octanol–water partition coefficient (Wildman–Crippen LogP) is -1.32. The van der Waals surface area contributed by atoms with Crippen LogP contribution in [0.3, 0.4) is 0 Å². The van der Waals surface area contributed by atoms with Gasteiger partial charge < -0.3 is 17.4 Å². The van der Waals surface area contributed by atoms with Gasteiger partial charge in [0.2, 0.25) is 0 Å². The van der Waals surface area contributed by atoms with E-state index in [1.807, 2.05) is 0 Å². The van der Waals surface area contributed by atoms with Gasteiger partial charge in [0.25, 0.3) is 0 Å². The molecular formula is C5H2Cl2FNZn. The normalized spacial score (nSPS) is 7.40. The van der Waals surface area contributed by atoms with Crippen molar-refractivity contribution in [3.8, 4) is 0 Å². The van der Waals surface area contributed by atoms with Crippen LogP contribution >= 0.6 is 11.6 Å². The molecule has 1 aromatic rings. The van der Waals surface area contributed by atoms with Crippen molar-refractivity contribution in [1.29, 1.82) is 0 Å². The molecule has 0 saturated carbocycles. The summed E-state index contributed by atoms with van der Waals surface area (Å²) in [5, 5.41) is 0.256. The second-order valence-corrected chi connectivity index (χ2v) is 1.61. The third-order valence-corrected chi connectivity index (χ3v) is 0.847. The first-order valence-electron chi connectivity index (χ1n) is 1.99. The fourth-order valence-corrected chi connectivity index (χ4v) is 0.429. The van der Waals surface area contributed by atoms with E-state index in [0.29, 0.717) is 0 Å². The second-order valence-electron chi connectivity index (χ2n) is 1.23. The standard InChI is InChI=1S/C5H2ClFN.ClH.Zn/c6-5-2-1-4(7)3-8-5;;/h1-2H;1H;/q-1;;+2/p-1. The average Bonchev–Trinajstić information content (AvgIpc) is 1.77. The molecule has 0 bridgehead atoms. The fourth-order valence-electron chi connectivity index (χ4n) is 0.323. The number of nitrogens with zero attached hydrogens (tertiary/aromatic N) is 1. The first-order chi connectivity index (χ1) is 3.79. The molecule has 0 amide bonds. The Kier molecular flexibility index (Phi) is 7.78. The molecule has 0 aliphatic rings. The summed E-state index contributed by atoms with van der Waals surface area (Å²) < 4.78 is 11.9. The van der Waals surface area contributed by atoms with Gasteiger partial charge in [-0.2, -0.15) is 0 Å². The van der Waals surface area contributed by atoms with Crippen molar-refractivity contribution in [2.24, 2.45) is 0 Å². The van der Waals surface area contributed by atoms with Crippen molar-refractivity contribution in [2.45, 2.75) is 0 Å². The van der Waals surface area contributed by atoms with Gasteiger partial charge in [0.15, 0.2) is 0 Å². The van der Waals surface area contributed by atoms with Crippen molar-refractivity contribution < 1.29 is 36.3 Å². The SMILES string of the molecule is Fc1[c-]nc(Cl)cc1.[Cl-].[Zn+2]. The number of hydrogen-bond donors (Lipinski definition) is 0. The molecule has 50 valence electrons. The maximum Gasteiger partial charge on any atom is 2.00 e. The van der Waals surface area contributed by atoms with Crippen LogP contribution in [-0.4, -0.2) is 4.98 Å². The minimum absolute atomic E-state index is 0. The minimum atomic E-state index is -0.491. The maximum atomic E-state index is 11.9. The summed E-state index contributed by atoms with van der Waals surface area (Å²) in [4.78, 5) is 3.34. The molecule has 5 heteroatoms. The molecule has 1 nitrogen and oxygen atoms in total. The zero-order valence-corrected chi connectivity index (χ0v) is 9.42. The predicted molar refractivity (Wildman–Crippen MR) is 28.0 cm³/mol. The summed E-state index contributed by atoms with van der Waals surface area (Å²) in [7, 11) is 0. The van der Waals surface area contributed by atoms with Crippen LogP contribution in [0.4, 0.5) is 4.39 Å². The summed E-state index contributed by atoms with van der Waals surface area (Å²) >= 11 is 5.30. The average molecular weight is 231 g/mol. The van der Waals surface area contributed by atoms with E-state index in [1.165, 1.54) is 12.1 Å². The van der Waals surface area contributed by atoms with Gasteiger partial charge in [-0.25, -0.2) is 4.39 Å². The number of aromatic nitrogens is 1. The Morgan fingerprint density at radius 1 is 1.50 bits per heavy atom. The molecule has 0 spiro atoms. The zero-order chi connectivity index (χ0) is 5.98. The quantitative estimate of drug-likeness (QED) is 0.306. The summed E-state index contributed by atoms with van der Waals surface area (Å²) in [5.74, 6) is -0.491. The van der Waals surface area contributed by atoms with E-state index in [9.17, 15) is 4.39 Å². The second kappa shape index (κ2) is 6.02. The van der Waals surface area contributed by atoms with Crippen LogP contribution in [0.25, 0.3) is 0 Å². The van der Waals surface area contributed by atoms with Crippen molar-refractivity contribution in [2.75, 3.05) is 0 Å².